The van der Waals surface area contributed by atoms with Gasteiger partial charge in [0, 0.05) is 18.1 Å². The summed E-state index contributed by atoms with van der Waals surface area (Å²) in [5, 5.41) is 1.89. The molecule has 0 spiro atoms. The van der Waals surface area contributed by atoms with Crippen molar-refractivity contribution in [3.8, 4) is 11.1 Å². The lowest BCUT2D eigenvalue weighted by Gasteiger charge is -2.04. The number of rotatable bonds is 6. The van der Waals surface area contributed by atoms with Crippen LogP contribution in [0, 0.1) is 6.92 Å². The monoisotopic (exact) mass is 366 g/mol. The molecular weight excluding hydrogens is 346 g/mol. The summed E-state index contributed by atoms with van der Waals surface area (Å²) < 4.78 is 6.69. The van der Waals surface area contributed by atoms with Gasteiger partial charge in [-0.2, -0.15) is 4.57 Å². The van der Waals surface area contributed by atoms with Gasteiger partial charge in [0.25, 0.3) is 0 Å². The van der Waals surface area contributed by atoms with Crippen molar-refractivity contribution in [2.24, 2.45) is 0 Å². The third-order valence-corrected chi connectivity index (χ3v) is 5.29. The molecule has 0 unspecified atom stereocenters. The summed E-state index contributed by atoms with van der Waals surface area (Å²) in [6.45, 7) is 2.17. The Hall–Kier alpha value is -2.79. The lowest BCUT2D eigenvalue weighted by atomic mass is 10.1. The Morgan fingerprint density at radius 1 is 1.08 bits per heavy atom. The van der Waals surface area contributed by atoms with Gasteiger partial charge in [0.1, 0.15) is 4.88 Å². The van der Waals surface area contributed by atoms with Gasteiger partial charge in [0.05, 0.1) is 7.11 Å². The number of aromatic nitrogens is 1. The number of thiophene rings is 1. The molecule has 0 atom stereocenters. The van der Waals surface area contributed by atoms with E-state index in [-0.39, 0.29) is 24.7 Å². The van der Waals surface area contributed by atoms with E-state index in [1.807, 2.05) is 71.7 Å². The van der Waals surface area contributed by atoms with Crippen LogP contribution in [-0.4, -0.2) is 18.9 Å². The molecule has 0 fully saturated rings. The average Bonchev–Trinajstić information content (AvgIpc) is 3.02. The molecule has 5 heteroatoms. The van der Waals surface area contributed by atoms with Gasteiger partial charge in [-0.1, -0.05) is 30.3 Å². The maximum absolute atomic E-state index is 12.6. The summed E-state index contributed by atoms with van der Waals surface area (Å²) in [6, 6.07) is 14.0. The summed E-state index contributed by atoms with van der Waals surface area (Å²) >= 11 is 1.32. The molecule has 0 radical (unpaired) electrons. The fourth-order valence-corrected chi connectivity index (χ4v) is 3.82. The number of ketones is 1. The number of Topliss-reactive ketones (excluding diaryl/α,β-unsaturated/α-hetero) is 1. The van der Waals surface area contributed by atoms with Gasteiger partial charge in [-0.3, -0.25) is 4.79 Å². The molecule has 0 saturated carbocycles. The van der Waals surface area contributed by atoms with Crippen molar-refractivity contribution < 1.29 is 18.9 Å². The molecule has 2 aromatic heterocycles. The number of pyridine rings is 1. The van der Waals surface area contributed by atoms with E-state index in [1.165, 1.54) is 18.4 Å². The molecule has 0 N–H and O–H groups in total. The number of carbonyl (C=O) groups is 2. The first-order valence-electron chi connectivity index (χ1n) is 8.30. The average molecular weight is 366 g/mol. The number of ether oxygens (including phenoxy) is 1. The van der Waals surface area contributed by atoms with Gasteiger partial charge in [-0.05, 0) is 35.1 Å². The molecule has 2 heterocycles. The fraction of sp³-hybridized carbons (Fsp3) is 0.190. The van der Waals surface area contributed by atoms with E-state index in [4.69, 9.17) is 4.74 Å². The van der Waals surface area contributed by atoms with E-state index in [9.17, 15) is 9.59 Å². The Balaban J connectivity index is 1.76. The van der Waals surface area contributed by atoms with Crippen LogP contribution in [-0.2, 0) is 22.5 Å². The zero-order valence-electron chi connectivity index (χ0n) is 14.8. The maximum Gasteiger partial charge on any atom is 0.348 e. The number of carbonyl (C=O) groups excluding carboxylic acids is 2. The van der Waals surface area contributed by atoms with Crippen molar-refractivity contribution in [2.75, 3.05) is 7.11 Å². The van der Waals surface area contributed by atoms with Gasteiger partial charge in [-0.15, -0.1) is 11.3 Å². The second-order valence-electron chi connectivity index (χ2n) is 6.06. The predicted octanol–water partition coefficient (Wildman–Crippen LogP) is 3.61. The molecule has 0 saturated heterocycles. The van der Waals surface area contributed by atoms with E-state index in [0.717, 1.165) is 22.3 Å². The van der Waals surface area contributed by atoms with E-state index < -0.39 is 0 Å². The summed E-state index contributed by atoms with van der Waals surface area (Å²) in [5.41, 5.74) is 3.89. The van der Waals surface area contributed by atoms with Crippen LogP contribution in [0.4, 0.5) is 0 Å². The van der Waals surface area contributed by atoms with E-state index in [1.54, 1.807) is 0 Å². The topological polar surface area (TPSA) is 47.3 Å². The maximum atomic E-state index is 12.6. The minimum atomic E-state index is -0.385. The van der Waals surface area contributed by atoms with Crippen LogP contribution in [0.15, 0.2) is 60.2 Å². The molecular formula is C21H20NO3S+. The smallest absolute Gasteiger partial charge is 0.348 e. The summed E-state index contributed by atoms with van der Waals surface area (Å²) in [4.78, 5) is 25.0. The van der Waals surface area contributed by atoms with Crippen LogP contribution < -0.4 is 4.57 Å². The molecule has 3 aromatic rings. The Labute approximate surface area is 156 Å². The molecule has 3 rings (SSSR count). The molecule has 4 nitrogen and oxygen atoms in total. The second kappa shape index (κ2) is 8.06. The zero-order chi connectivity index (χ0) is 18.5. The lowest BCUT2D eigenvalue weighted by molar-refractivity contribution is -0.683. The van der Waals surface area contributed by atoms with Gasteiger partial charge >= 0.3 is 5.97 Å². The molecule has 26 heavy (non-hydrogen) atoms. The predicted molar refractivity (Wildman–Crippen MR) is 101 cm³/mol. The molecule has 0 bridgehead atoms. The number of benzene rings is 1. The fourth-order valence-electron chi connectivity index (χ4n) is 2.83. The Bertz CT molecular complexity index is 931. The van der Waals surface area contributed by atoms with Crippen molar-refractivity contribution >= 4 is 23.1 Å². The molecule has 0 aliphatic rings. The molecule has 1 aromatic carbocycles. The first kappa shape index (κ1) is 18.0. The van der Waals surface area contributed by atoms with E-state index in [2.05, 4.69) is 0 Å². The van der Waals surface area contributed by atoms with Crippen LogP contribution in [0.25, 0.3) is 11.1 Å². The highest BCUT2D eigenvalue weighted by Gasteiger charge is 2.20. The SMILES string of the molecule is COC(=O)c1scc(C)c1CC(=O)C[n+]1cccc(-c2ccccc2)c1. The standard InChI is InChI=1S/C21H20NO3S/c1-15-14-26-20(21(24)25-2)19(15)11-18(23)13-22-10-6-9-17(12-22)16-7-4-3-5-8-16/h3-10,12,14H,11,13H2,1-2H3/q+1. The highest BCUT2D eigenvalue weighted by Crippen LogP contribution is 2.23. The van der Waals surface area contributed by atoms with Crippen molar-refractivity contribution in [2.45, 2.75) is 19.9 Å². The third kappa shape index (κ3) is 4.06. The van der Waals surface area contributed by atoms with Crippen molar-refractivity contribution in [1.82, 2.24) is 0 Å². The van der Waals surface area contributed by atoms with Gasteiger partial charge in [0.15, 0.2) is 12.4 Å². The summed E-state index contributed by atoms with van der Waals surface area (Å²) in [6.07, 6.45) is 4.07. The lowest BCUT2D eigenvalue weighted by Crippen LogP contribution is -2.38. The van der Waals surface area contributed by atoms with Crippen LogP contribution in [0.5, 0.6) is 0 Å². The largest absolute Gasteiger partial charge is 0.465 e. The number of hydrogen-bond donors (Lipinski definition) is 0. The summed E-state index contributed by atoms with van der Waals surface area (Å²) in [5.74, 6) is -0.337. The van der Waals surface area contributed by atoms with Gasteiger partial charge in [0.2, 0.25) is 12.3 Å². The molecule has 0 aliphatic carbocycles. The van der Waals surface area contributed by atoms with Crippen LogP contribution in [0.2, 0.25) is 0 Å². The van der Waals surface area contributed by atoms with Crippen molar-refractivity contribution in [3.05, 3.63) is 76.2 Å². The zero-order valence-corrected chi connectivity index (χ0v) is 15.6. The van der Waals surface area contributed by atoms with Crippen molar-refractivity contribution in [1.29, 1.82) is 0 Å². The third-order valence-electron chi connectivity index (χ3n) is 4.17. The number of nitrogens with zero attached hydrogens (tertiary/aromatic N) is 1. The summed E-state index contributed by atoms with van der Waals surface area (Å²) in [7, 11) is 1.36. The highest BCUT2D eigenvalue weighted by molar-refractivity contribution is 7.12. The second-order valence-corrected chi connectivity index (χ2v) is 6.94. The number of aryl methyl sites for hydroxylation is 1. The van der Waals surface area contributed by atoms with Crippen molar-refractivity contribution in [3.63, 3.8) is 0 Å². The normalized spacial score (nSPS) is 10.5. The first-order chi connectivity index (χ1) is 12.6. The number of hydrogen-bond acceptors (Lipinski definition) is 4. The quantitative estimate of drug-likeness (QED) is 0.495. The van der Waals surface area contributed by atoms with Crippen LogP contribution >= 0.6 is 11.3 Å². The molecule has 0 amide bonds. The van der Waals surface area contributed by atoms with E-state index in [0.29, 0.717) is 4.88 Å². The van der Waals surface area contributed by atoms with Crippen LogP contribution in [0.3, 0.4) is 0 Å². The van der Waals surface area contributed by atoms with Crippen LogP contribution in [0.1, 0.15) is 20.8 Å². The van der Waals surface area contributed by atoms with Gasteiger partial charge < -0.3 is 4.74 Å². The first-order valence-corrected chi connectivity index (χ1v) is 9.18. The molecule has 0 aliphatic heterocycles. The minimum Gasteiger partial charge on any atom is -0.465 e. The highest BCUT2D eigenvalue weighted by atomic mass is 32.1. The Morgan fingerprint density at radius 2 is 1.81 bits per heavy atom. The number of methoxy groups -OCH3 is 1. The Morgan fingerprint density at radius 3 is 2.54 bits per heavy atom. The minimum absolute atomic E-state index is 0.0480. The number of esters is 1. The van der Waals surface area contributed by atoms with E-state index >= 15 is 0 Å². The molecule has 132 valence electrons. The Kier molecular flexibility index (Phi) is 5.58. The van der Waals surface area contributed by atoms with Gasteiger partial charge in [-0.25, -0.2) is 4.79 Å².